The van der Waals surface area contributed by atoms with Gasteiger partial charge in [-0.15, -0.1) is 0 Å². The molecule has 0 spiro atoms. The van der Waals surface area contributed by atoms with Crippen molar-refractivity contribution in [2.24, 2.45) is 5.92 Å². The molecule has 1 unspecified atom stereocenters. The van der Waals surface area contributed by atoms with Crippen molar-refractivity contribution in [1.29, 1.82) is 0 Å². The fourth-order valence-electron chi connectivity index (χ4n) is 3.50. The molecule has 1 heterocycles. The monoisotopic (exact) mass is 354 g/mol. The first-order chi connectivity index (χ1) is 12.5. The summed E-state index contributed by atoms with van der Waals surface area (Å²) in [6.07, 6.45) is 0.638. The molecule has 2 amide bonds. The number of anilines is 1. The van der Waals surface area contributed by atoms with Crippen LogP contribution in [0.25, 0.3) is 0 Å². The van der Waals surface area contributed by atoms with Gasteiger partial charge < -0.3 is 10.2 Å². The van der Waals surface area contributed by atoms with E-state index in [2.05, 4.69) is 5.32 Å². The molecule has 0 radical (unpaired) electrons. The molecule has 1 atom stereocenters. The second-order valence-electron chi connectivity index (χ2n) is 6.78. The Balaban J connectivity index is 1.60. The van der Waals surface area contributed by atoms with E-state index in [0.717, 1.165) is 16.8 Å². The van der Waals surface area contributed by atoms with Crippen LogP contribution in [-0.4, -0.2) is 24.9 Å². The third kappa shape index (κ3) is 3.77. The van der Waals surface area contributed by atoms with E-state index >= 15 is 0 Å². The van der Waals surface area contributed by atoms with Crippen molar-refractivity contribution < 1.29 is 14.0 Å². The van der Waals surface area contributed by atoms with Gasteiger partial charge >= 0.3 is 0 Å². The van der Waals surface area contributed by atoms with Gasteiger partial charge in [-0.05, 0) is 43.0 Å². The van der Waals surface area contributed by atoms with E-state index < -0.39 is 0 Å². The van der Waals surface area contributed by atoms with Crippen LogP contribution in [0.1, 0.15) is 23.1 Å². The van der Waals surface area contributed by atoms with Gasteiger partial charge in [0.05, 0.1) is 5.92 Å². The molecule has 1 N–H and O–H groups in total. The van der Waals surface area contributed by atoms with Gasteiger partial charge in [-0.2, -0.15) is 0 Å². The lowest BCUT2D eigenvalue weighted by molar-refractivity contribution is -0.126. The number of rotatable bonds is 5. The van der Waals surface area contributed by atoms with Gasteiger partial charge in [0, 0.05) is 25.2 Å². The van der Waals surface area contributed by atoms with Crippen LogP contribution < -0.4 is 10.2 Å². The van der Waals surface area contributed by atoms with Crippen LogP contribution in [0.3, 0.4) is 0 Å². The van der Waals surface area contributed by atoms with Crippen LogP contribution in [0.4, 0.5) is 10.1 Å². The van der Waals surface area contributed by atoms with Crippen LogP contribution in [0.2, 0.25) is 0 Å². The summed E-state index contributed by atoms with van der Waals surface area (Å²) in [6, 6.07) is 12.4. The second-order valence-corrected chi connectivity index (χ2v) is 6.78. The Bertz CT molecular complexity index is 814. The van der Waals surface area contributed by atoms with Gasteiger partial charge in [0.15, 0.2) is 0 Å². The summed E-state index contributed by atoms with van der Waals surface area (Å²) >= 11 is 0. The Hall–Kier alpha value is -2.69. The van der Waals surface area contributed by atoms with Crippen molar-refractivity contribution in [3.8, 4) is 0 Å². The summed E-state index contributed by atoms with van der Waals surface area (Å²) in [7, 11) is 0. The maximum absolute atomic E-state index is 13.6. The summed E-state index contributed by atoms with van der Waals surface area (Å²) in [6.45, 7) is 4.68. The lowest BCUT2D eigenvalue weighted by Crippen LogP contribution is -2.34. The fourth-order valence-corrected chi connectivity index (χ4v) is 3.50. The SMILES string of the molecule is Cc1cccc(C)c1N1CC(C(=O)NCCc2ccccc2F)CC1=O. The number of nitrogens with zero attached hydrogens (tertiary/aromatic N) is 1. The van der Waals surface area contributed by atoms with Gasteiger partial charge in [0.2, 0.25) is 11.8 Å². The molecule has 0 aliphatic carbocycles. The van der Waals surface area contributed by atoms with E-state index in [1.54, 1.807) is 23.1 Å². The number of aryl methyl sites for hydroxylation is 2. The molecule has 2 aromatic carbocycles. The van der Waals surface area contributed by atoms with E-state index in [1.165, 1.54) is 6.07 Å². The van der Waals surface area contributed by atoms with Crippen LogP contribution in [0.15, 0.2) is 42.5 Å². The van der Waals surface area contributed by atoms with Gasteiger partial charge in [-0.25, -0.2) is 4.39 Å². The number of nitrogens with one attached hydrogen (secondary N) is 1. The number of hydrogen-bond acceptors (Lipinski definition) is 2. The minimum atomic E-state index is -0.373. The van der Waals surface area contributed by atoms with Gasteiger partial charge in [0.25, 0.3) is 0 Å². The first-order valence-corrected chi connectivity index (χ1v) is 8.85. The van der Waals surface area contributed by atoms with Crippen LogP contribution >= 0.6 is 0 Å². The average Bonchev–Trinajstić information content (AvgIpc) is 2.98. The van der Waals surface area contributed by atoms with E-state index in [4.69, 9.17) is 0 Å². The van der Waals surface area contributed by atoms with E-state index in [9.17, 15) is 14.0 Å². The highest BCUT2D eigenvalue weighted by atomic mass is 19.1. The Labute approximate surface area is 153 Å². The molecule has 1 aliphatic rings. The number of carbonyl (C=O) groups excluding carboxylic acids is 2. The van der Waals surface area contributed by atoms with Gasteiger partial charge in [0.1, 0.15) is 5.82 Å². The first-order valence-electron chi connectivity index (χ1n) is 8.85. The zero-order chi connectivity index (χ0) is 18.7. The first kappa shape index (κ1) is 18.1. The molecule has 4 nitrogen and oxygen atoms in total. The van der Waals surface area contributed by atoms with Gasteiger partial charge in [-0.3, -0.25) is 9.59 Å². The van der Waals surface area contributed by atoms with Crippen molar-refractivity contribution in [3.05, 3.63) is 65.0 Å². The summed E-state index contributed by atoms with van der Waals surface area (Å²) in [4.78, 5) is 26.6. The molecule has 0 aromatic heterocycles. The van der Waals surface area contributed by atoms with E-state index in [0.29, 0.717) is 25.1 Å². The van der Waals surface area contributed by atoms with Crippen molar-refractivity contribution >= 4 is 17.5 Å². The Kier molecular flexibility index (Phi) is 5.35. The quantitative estimate of drug-likeness (QED) is 0.897. The molecular weight excluding hydrogens is 331 g/mol. The lowest BCUT2D eigenvalue weighted by atomic mass is 10.1. The number of hydrogen-bond donors (Lipinski definition) is 1. The van der Waals surface area contributed by atoms with E-state index in [1.807, 2.05) is 32.0 Å². The molecule has 0 saturated carbocycles. The predicted octanol–water partition coefficient (Wildman–Crippen LogP) is 3.15. The second kappa shape index (κ2) is 7.68. The lowest BCUT2D eigenvalue weighted by Gasteiger charge is -2.21. The third-order valence-corrected chi connectivity index (χ3v) is 4.86. The molecule has 1 aliphatic heterocycles. The third-order valence-electron chi connectivity index (χ3n) is 4.86. The summed E-state index contributed by atoms with van der Waals surface area (Å²) < 4.78 is 13.6. The smallest absolute Gasteiger partial charge is 0.227 e. The number of halogens is 1. The zero-order valence-electron chi connectivity index (χ0n) is 15.1. The molecule has 3 rings (SSSR count). The standard InChI is InChI=1S/C21H23FN2O2/c1-14-6-5-7-15(2)20(14)24-13-17(12-19(24)25)21(26)23-11-10-16-8-3-4-9-18(16)22/h3-9,17H,10-13H2,1-2H3,(H,23,26). The van der Waals surface area contributed by atoms with Crippen molar-refractivity contribution in [2.45, 2.75) is 26.7 Å². The van der Waals surface area contributed by atoms with Crippen LogP contribution in [0.5, 0.6) is 0 Å². The maximum Gasteiger partial charge on any atom is 0.227 e. The molecule has 26 heavy (non-hydrogen) atoms. The van der Waals surface area contributed by atoms with Crippen LogP contribution in [-0.2, 0) is 16.0 Å². The highest BCUT2D eigenvalue weighted by Gasteiger charge is 2.36. The number of amides is 2. The van der Waals surface area contributed by atoms with Crippen LogP contribution in [0, 0.1) is 25.6 Å². The average molecular weight is 354 g/mol. The number of carbonyl (C=O) groups is 2. The van der Waals surface area contributed by atoms with Crippen molar-refractivity contribution in [3.63, 3.8) is 0 Å². The predicted molar refractivity (Wildman–Crippen MR) is 99.5 cm³/mol. The molecule has 5 heteroatoms. The summed E-state index contributed by atoms with van der Waals surface area (Å²) in [5, 5.41) is 2.84. The minimum absolute atomic E-state index is 0.0309. The highest BCUT2D eigenvalue weighted by Crippen LogP contribution is 2.30. The molecule has 1 fully saturated rings. The summed E-state index contributed by atoms with van der Waals surface area (Å²) in [5.74, 6) is -0.818. The normalized spacial score (nSPS) is 16.8. The number of benzene rings is 2. The Morgan fingerprint density at radius 2 is 1.85 bits per heavy atom. The minimum Gasteiger partial charge on any atom is -0.355 e. The highest BCUT2D eigenvalue weighted by molar-refractivity contribution is 6.01. The zero-order valence-corrected chi connectivity index (χ0v) is 15.1. The van der Waals surface area contributed by atoms with Gasteiger partial charge in [-0.1, -0.05) is 36.4 Å². The van der Waals surface area contributed by atoms with Crippen molar-refractivity contribution in [1.82, 2.24) is 5.32 Å². The molecular formula is C21H23FN2O2. The Morgan fingerprint density at radius 3 is 2.54 bits per heavy atom. The topological polar surface area (TPSA) is 49.4 Å². The Morgan fingerprint density at radius 1 is 1.15 bits per heavy atom. The van der Waals surface area contributed by atoms with E-state index in [-0.39, 0.29) is 30.0 Å². The maximum atomic E-state index is 13.6. The number of para-hydroxylation sites is 1. The molecule has 0 bridgehead atoms. The van der Waals surface area contributed by atoms with Crippen molar-refractivity contribution in [2.75, 3.05) is 18.0 Å². The molecule has 1 saturated heterocycles. The fraction of sp³-hybridized carbons (Fsp3) is 0.333. The summed E-state index contributed by atoms with van der Waals surface area (Å²) in [5.41, 5.74) is 3.53. The molecule has 136 valence electrons. The molecule has 2 aromatic rings. The largest absolute Gasteiger partial charge is 0.355 e.